The van der Waals surface area contributed by atoms with Crippen molar-refractivity contribution in [3.05, 3.63) is 80.3 Å². The van der Waals surface area contributed by atoms with Gasteiger partial charge in [0.15, 0.2) is 9.41 Å². The second kappa shape index (κ2) is 8.70. The summed E-state index contributed by atoms with van der Waals surface area (Å²) in [7, 11) is 0. The molecule has 1 saturated heterocycles. The smallest absolute Gasteiger partial charge is 0.270 e. The summed E-state index contributed by atoms with van der Waals surface area (Å²) in [5, 5.41) is 1.28. The number of furan rings is 1. The number of thiocarbonyl (C=S) groups is 1. The minimum atomic E-state index is -0.192. The summed E-state index contributed by atoms with van der Waals surface area (Å²) in [6.07, 6.45) is 1.72. The molecule has 146 valence electrons. The number of hydrogen-bond acceptors (Lipinski definition) is 5. The van der Waals surface area contributed by atoms with Crippen LogP contribution in [0.3, 0.4) is 0 Å². The molecule has 29 heavy (non-hydrogen) atoms. The lowest BCUT2D eigenvalue weighted by atomic mass is 10.2. The van der Waals surface area contributed by atoms with Crippen molar-refractivity contribution in [1.82, 2.24) is 0 Å². The maximum Gasteiger partial charge on any atom is 0.270 e. The van der Waals surface area contributed by atoms with E-state index < -0.39 is 0 Å². The fourth-order valence-corrected chi connectivity index (χ4v) is 5.11. The largest absolute Gasteiger partial charge is 0.450 e. The molecule has 0 radical (unpaired) electrons. The van der Waals surface area contributed by atoms with Crippen LogP contribution in [0, 0.1) is 6.92 Å². The Morgan fingerprint density at radius 3 is 2.66 bits per heavy atom. The Bertz CT molecular complexity index is 1140. The summed E-state index contributed by atoms with van der Waals surface area (Å²) in [6.45, 7) is 2.05. The lowest BCUT2D eigenvalue weighted by molar-refractivity contribution is -0.113. The Morgan fingerprint density at radius 2 is 1.93 bits per heavy atom. The van der Waals surface area contributed by atoms with E-state index in [0.29, 0.717) is 25.7 Å². The summed E-state index contributed by atoms with van der Waals surface area (Å²) >= 11 is 17.7. The van der Waals surface area contributed by atoms with Gasteiger partial charge in [-0.2, -0.15) is 0 Å². The molecule has 8 heteroatoms. The molecule has 1 aliphatic rings. The van der Waals surface area contributed by atoms with E-state index in [9.17, 15) is 4.79 Å². The molecule has 0 unspecified atom stereocenters. The zero-order chi connectivity index (χ0) is 20.5. The predicted molar refractivity (Wildman–Crippen MR) is 129 cm³/mol. The van der Waals surface area contributed by atoms with Gasteiger partial charge in [-0.3, -0.25) is 9.69 Å². The van der Waals surface area contributed by atoms with Gasteiger partial charge in [0.05, 0.1) is 15.6 Å². The lowest BCUT2D eigenvalue weighted by Crippen LogP contribution is -2.27. The third kappa shape index (κ3) is 4.64. The van der Waals surface area contributed by atoms with Crippen molar-refractivity contribution < 1.29 is 9.21 Å². The van der Waals surface area contributed by atoms with Crippen LogP contribution in [0.15, 0.2) is 78.4 Å². The Morgan fingerprint density at radius 1 is 1.17 bits per heavy atom. The van der Waals surface area contributed by atoms with E-state index in [1.165, 1.54) is 34.0 Å². The average Bonchev–Trinajstić information content (AvgIpc) is 3.24. The Labute approximate surface area is 195 Å². The van der Waals surface area contributed by atoms with Crippen LogP contribution in [0.25, 0.3) is 6.08 Å². The van der Waals surface area contributed by atoms with E-state index in [1.807, 2.05) is 12.1 Å². The van der Waals surface area contributed by atoms with Crippen LogP contribution < -0.4 is 4.90 Å². The van der Waals surface area contributed by atoms with E-state index in [4.69, 9.17) is 28.2 Å². The molecular formula is C21H13BrClNO2S3. The van der Waals surface area contributed by atoms with Gasteiger partial charge in [-0.1, -0.05) is 65.0 Å². The van der Waals surface area contributed by atoms with Crippen molar-refractivity contribution in [2.45, 2.75) is 16.9 Å². The van der Waals surface area contributed by atoms with Gasteiger partial charge in [-0.25, -0.2) is 0 Å². The minimum absolute atomic E-state index is 0.192. The van der Waals surface area contributed by atoms with Gasteiger partial charge in [0.1, 0.15) is 5.76 Å². The van der Waals surface area contributed by atoms with Crippen molar-refractivity contribution in [3.63, 3.8) is 0 Å². The summed E-state index contributed by atoms with van der Waals surface area (Å²) in [4.78, 5) is 16.0. The molecule has 0 atom stereocenters. The van der Waals surface area contributed by atoms with Gasteiger partial charge in [0.2, 0.25) is 0 Å². The molecule has 0 bridgehead atoms. The maximum atomic E-state index is 12.9. The van der Waals surface area contributed by atoms with E-state index in [2.05, 4.69) is 47.1 Å². The minimum Gasteiger partial charge on any atom is -0.450 e. The van der Waals surface area contributed by atoms with Crippen LogP contribution >= 0.6 is 63.3 Å². The van der Waals surface area contributed by atoms with Crippen LogP contribution in [0.5, 0.6) is 0 Å². The topological polar surface area (TPSA) is 33.5 Å². The molecule has 1 aromatic heterocycles. The highest BCUT2D eigenvalue weighted by molar-refractivity contribution is 9.10. The van der Waals surface area contributed by atoms with Gasteiger partial charge in [-0.05, 0) is 65.3 Å². The molecule has 1 amide bonds. The Hall–Kier alpha value is -1.51. The zero-order valence-electron chi connectivity index (χ0n) is 15.0. The van der Waals surface area contributed by atoms with Gasteiger partial charge in [0.25, 0.3) is 5.91 Å². The van der Waals surface area contributed by atoms with Crippen molar-refractivity contribution in [2.24, 2.45) is 0 Å². The third-order valence-electron chi connectivity index (χ3n) is 4.07. The predicted octanol–water partition coefficient (Wildman–Crippen LogP) is 7.56. The highest BCUT2D eigenvalue weighted by Gasteiger charge is 2.33. The normalized spacial score (nSPS) is 15.6. The van der Waals surface area contributed by atoms with Crippen molar-refractivity contribution in [1.29, 1.82) is 0 Å². The van der Waals surface area contributed by atoms with Gasteiger partial charge in [0, 0.05) is 15.4 Å². The van der Waals surface area contributed by atoms with Crippen LogP contribution in [-0.4, -0.2) is 10.2 Å². The molecular weight excluding hydrogens is 510 g/mol. The summed E-state index contributed by atoms with van der Waals surface area (Å²) < 4.78 is 7.09. The number of benzene rings is 2. The average molecular weight is 523 g/mol. The zero-order valence-corrected chi connectivity index (χ0v) is 19.8. The number of anilines is 1. The van der Waals surface area contributed by atoms with E-state index in [1.54, 1.807) is 24.3 Å². The van der Waals surface area contributed by atoms with Crippen molar-refractivity contribution >= 4 is 85.3 Å². The maximum absolute atomic E-state index is 12.9. The molecule has 1 fully saturated rings. The molecule has 0 aliphatic carbocycles. The highest BCUT2D eigenvalue weighted by atomic mass is 79.9. The molecule has 0 N–H and O–H groups in total. The summed E-state index contributed by atoms with van der Waals surface area (Å²) in [5.74, 6) is 0.413. The van der Waals surface area contributed by atoms with Crippen LogP contribution in [-0.2, 0) is 4.79 Å². The molecule has 3 aromatic rings. The quantitative estimate of drug-likeness (QED) is 0.261. The van der Waals surface area contributed by atoms with Gasteiger partial charge < -0.3 is 4.42 Å². The number of rotatable bonds is 4. The number of aryl methyl sites for hydroxylation is 1. The standard InChI is InChI=1S/C21H13BrClNO2S3/c1-12-2-6-15(7-3-12)28-19-9-5-14(26-19)11-18-20(25)24(21(27)29-18)13-4-8-16(22)17(23)10-13/h2-11H,1H3/b18-11-. The first-order valence-electron chi connectivity index (χ1n) is 8.48. The Balaban J connectivity index is 1.53. The number of carbonyl (C=O) groups is 1. The number of hydrogen-bond donors (Lipinski definition) is 0. The molecule has 2 aromatic carbocycles. The lowest BCUT2D eigenvalue weighted by Gasteiger charge is -2.15. The number of carbonyl (C=O) groups excluding carboxylic acids is 1. The first-order chi connectivity index (χ1) is 13.9. The number of thioether (sulfide) groups is 1. The second-order valence-corrected chi connectivity index (χ2v) is 10.2. The number of amides is 1. The molecule has 0 saturated carbocycles. The Kier molecular flexibility index (Phi) is 6.22. The number of nitrogens with zero attached hydrogens (tertiary/aromatic N) is 1. The summed E-state index contributed by atoms with van der Waals surface area (Å²) in [5.41, 5.74) is 1.85. The number of halogens is 2. The second-order valence-electron chi connectivity index (χ2n) is 6.19. The van der Waals surface area contributed by atoms with Gasteiger partial charge in [-0.15, -0.1) is 0 Å². The van der Waals surface area contributed by atoms with E-state index in [-0.39, 0.29) is 5.91 Å². The third-order valence-corrected chi connectivity index (χ3v) is 7.53. The first kappa shape index (κ1) is 20.8. The molecule has 1 aliphatic heterocycles. The monoisotopic (exact) mass is 521 g/mol. The van der Waals surface area contributed by atoms with E-state index >= 15 is 0 Å². The first-order valence-corrected chi connectivity index (χ1v) is 11.7. The summed E-state index contributed by atoms with van der Waals surface area (Å²) in [6, 6.07) is 17.3. The van der Waals surface area contributed by atoms with E-state index in [0.717, 1.165) is 14.5 Å². The van der Waals surface area contributed by atoms with Crippen molar-refractivity contribution in [2.75, 3.05) is 4.90 Å². The molecule has 2 heterocycles. The fourth-order valence-electron chi connectivity index (χ4n) is 2.63. The molecule has 0 spiro atoms. The van der Waals surface area contributed by atoms with Gasteiger partial charge >= 0.3 is 0 Å². The van der Waals surface area contributed by atoms with Crippen molar-refractivity contribution in [3.8, 4) is 0 Å². The van der Waals surface area contributed by atoms with Crippen LogP contribution in [0.1, 0.15) is 11.3 Å². The van der Waals surface area contributed by atoms with Crippen LogP contribution in [0.2, 0.25) is 5.02 Å². The fraction of sp³-hybridized carbons (Fsp3) is 0.0476. The highest BCUT2D eigenvalue weighted by Crippen LogP contribution is 2.38. The molecule has 3 nitrogen and oxygen atoms in total. The van der Waals surface area contributed by atoms with Crippen LogP contribution in [0.4, 0.5) is 5.69 Å². The molecule has 4 rings (SSSR count). The SMILES string of the molecule is Cc1ccc(Sc2ccc(/C=C3\SC(=S)N(c4ccc(Br)c(Cl)c4)C3=O)o2)cc1.